The summed E-state index contributed by atoms with van der Waals surface area (Å²) in [7, 11) is 0. The Labute approximate surface area is 76.1 Å². The zero-order chi connectivity index (χ0) is 8.97. The van der Waals surface area contributed by atoms with E-state index in [0.29, 0.717) is 18.8 Å². The number of benzene rings is 1. The van der Waals surface area contributed by atoms with Crippen LogP contribution >= 0.6 is 11.6 Å². The first-order chi connectivity index (χ1) is 5.75. The van der Waals surface area contributed by atoms with Crippen molar-refractivity contribution in [2.75, 3.05) is 6.61 Å². The molecule has 0 heterocycles. The van der Waals surface area contributed by atoms with Gasteiger partial charge in [-0.05, 0) is 18.6 Å². The first-order valence-corrected chi connectivity index (χ1v) is 4.14. The van der Waals surface area contributed by atoms with Crippen molar-refractivity contribution in [3.63, 3.8) is 0 Å². The minimum atomic E-state index is -0.395. The van der Waals surface area contributed by atoms with Crippen LogP contribution in [0.4, 0.5) is 4.39 Å². The molecule has 0 saturated carbocycles. The van der Waals surface area contributed by atoms with Gasteiger partial charge in [-0.1, -0.05) is 23.7 Å². The summed E-state index contributed by atoms with van der Waals surface area (Å²) in [6.07, 6.45) is 0. The summed E-state index contributed by atoms with van der Waals surface area (Å²) < 4.78 is 17.9. The molecule has 0 bridgehead atoms. The van der Waals surface area contributed by atoms with Crippen molar-refractivity contribution in [2.45, 2.75) is 13.5 Å². The van der Waals surface area contributed by atoms with Crippen LogP contribution in [0.1, 0.15) is 12.5 Å². The fourth-order valence-electron chi connectivity index (χ4n) is 0.872. The average Bonchev–Trinajstić information content (AvgIpc) is 2.08. The number of hydrogen-bond acceptors (Lipinski definition) is 1. The molecule has 1 aromatic carbocycles. The molecule has 0 atom stereocenters. The second-order valence-electron chi connectivity index (χ2n) is 2.35. The van der Waals surface area contributed by atoms with Crippen molar-refractivity contribution in [1.82, 2.24) is 0 Å². The maximum atomic E-state index is 12.8. The molecule has 1 rings (SSSR count). The predicted octanol–water partition coefficient (Wildman–Crippen LogP) is 3.02. The standard InChI is InChI=1S/C9H10ClFO/c1-2-12-6-7-4-3-5-8(11)9(7)10/h3-5H,2,6H2,1H3. The average molecular weight is 189 g/mol. The van der Waals surface area contributed by atoms with Crippen LogP contribution in [0.5, 0.6) is 0 Å². The normalized spacial score (nSPS) is 10.2. The summed E-state index contributed by atoms with van der Waals surface area (Å²) in [5, 5.41) is 0.158. The van der Waals surface area contributed by atoms with Gasteiger partial charge in [0.15, 0.2) is 0 Å². The zero-order valence-electron chi connectivity index (χ0n) is 6.81. The van der Waals surface area contributed by atoms with Gasteiger partial charge in [0.2, 0.25) is 0 Å². The van der Waals surface area contributed by atoms with Gasteiger partial charge in [-0.25, -0.2) is 4.39 Å². The molecular formula is C9H10ClFO. The van der Waals surface area contributed by atoms with Gasteiger partial charge < -0.3 is 4.74 Å². The van der Waals surface area contributed by atoms with E-state index in [-0.39, 0.29) is 5.02 Å². The lowest BCUT2D eigenvalue weighted by Gasteiger charge is -2.03. The second kappa shape index (κ2) is 4.43. The van der Waals surface area contributed by atoms with E-state index in [1.807, 2.05) is 6.92 Å². The van der Waals surface area contributed by atoms with E-state index in [9.17, 15) is 4.39 Å². The van der Waals surface area contributed by atoms with Crippen molar-refractivity contribution < 1.29 is 9.13 Å². The van der Waals surface area contributed by atoms with Crippen LogP contribution in [-0.4, -0.2) is 6.61 Å². The SMILES string of the molecule is CCOCc1cccc(F)c1Cl. The van der Waals surface area contributed by atoms with E-state index in [1.54, 1.807) is 12.1 Å². The quantitative estimate of drug-likeness (QED) is 0.709. The van der Waals surface area contributed by atoms with Crippen molar-refractivity contribution >= 4 is 11.6 Å². The molecule has 1 nitrogen and oxygen atoms in total. The molecule has 1 aromatic rings. The van der Waals surface area contributed by atoms with Crippen molar-refractivity contribution in [2.24, 2.45) is 0 Å². The van der Waals surface area contributed by atoms with E-state index in [1.165, 1.54) is 6.07 Å². The van der Waals surface area contributed by atoms with E-state index in [0.717, 1.165) is 0 Å². The highest BCUT2D eigenvalue weighted by atomic mass is 35.5. The summed E-state index contributed by atoms with van der Waals surface area (Å²) in [5.41, 5.74) is 0.693. The van der Waals surface area contributed by atoms with Crippen LogP contribution < -0.4 is 0 Å². The van der Waals surface area contributed by atoms with Gasteiger partial charge in [0.1, 0.15) is 5.82 Å². The first-order valence-electron chi connectivity index (χ1n) is 3.76. The van der Waals surface area contributed by atoms with Gasteiger partial charge in [-0.3, -0.25) is 0 Å². The van der Waals surface area contributed by atoms with Gasteiger partial charge in [0.25, 0.3) is 0 Å². The Hall–Kier alpha value is -0.600. The Morgan fingerprint density at radius 1 is 1.50 bits per heavy atom. The van der Waals surface area contributed by atoms with Crippen LogP contribution in [0.3, 0.4) is 0 Å². The highest BCUT2D eigenvalue weighted by molar-refractivity contribution is 6.31. The maximum absolute atomic E-state index is 12.8. The Bertz CT molecular complexity index is 263. The summed E-state index contributed by atoms with van der Waals surface area (Å²) in [6, 6.07) is 4.70. The molecule has 0 aliphatic rings. The van der Waals surface area contributed by atoms with E-state index in [4.69, 9.17) is 16.3 Å². The highest BCUT2D eigenvalue weighted by Gasteiger charge is 2.04. The molecule has 0 amide bonds. The lowest BCUT2D eigenvalue weighted by Crippen LogP contribution is -1.93. The first kappa shape index (κ1) is 9.49. The number of ether oxygens (including phenoxy) is 1. The topological polar surface area (TPSA) is 9.23 Å². The van der Waals surface area contributed by atoms with Gasteiger partial charge in [-0.15, -0.1) is 0 Å². The summed E-state index contributed by atoms with van der Waals surface area (Å²) >= 11 is 5.67. The molecule has 0 fully saturated rings. The Morgan fingerprint density at radius 3 is 2.92 bits per heavy atom. The molecule has 3 heteroatoms. The summed E-state index contributed by atoms with van der Waals surface area (Å²) in [6.45, 7) is 2.85. The smallest absolute Gasteiger partial charge is 0.142 e. The lowest BCUT2D eigenvalue weighted by atomic mass is 10.2. The van der Waals surface area contributed by atoms with Crippen LogP contribution in [0.2, 0.25) is 5.02 Å². The molecule has 0 N–H and O–H groups in total. The van der Waals surface area contributed by atoms with E-state index in [2.05, 4.69) is 0 Å². The molecule has 0 aliphatic carbocycles. The van der Waals surface area contributed by atoms with Crippen molar-refractivity contribution in [1.29, 1.82) is 0 Å². The molecule has 0 unspecified atom stereocenters. The maximum Gasteiger partial charge on any atom is 0.142 e. The minimum Gasteiger partial charge on any atom is -0.377 e. The van der Waals surface area contributed by atoms with Crippen LogP contribution in [0.25, 0.3) is 0 Å². The van der Waals surface area contributed by atoms with E-state index >= 15 is 0 Å². The van der Waals surface area contributed by atoms with E-state index < -0.39 is 5.82 Å². The number of halogens is 2. The van der Waals surface area contributed by atoms with Crippen LogP contribution in [-0.2, 0) is 11.3 Å². The fraction of sp³-hybridized carbons (Fsp3) is 0.333. The third-order valence-electron chi connectivity index (χ3n) is 1.49. The molecule has 0 spiro atoms. The summed E-state index contributed by atoms with van der Waals surface area (Å²) in [5.74, 6) is -0.395. The van der Waals surface area contributed by atoms with Gasteiger partial charge >= 0.3 is 0 Å². The van der Waals surface area contributed by atoms with Crippen molar-refractivity contribution in [3.8, 4) is 0 Å². The third-order valence-corrected chi connectivity index (χ3v) is 1.92. The second-order valence-corrected chi connectivity index (χ2v) is 2.73. The predicted molar refractivity (Wildman–Crippen MR) is 46.7 cm³/mol. The largest absolute Gasteiger partial charge is 0.377 e. The van der Waals surface area contributed by atoms with Crippen LogP contribution in [0.15, 0.2) is 18.2 Å². The van der Waals surface area contributed by atoms with Crippen molar-refractivity contribution in [3.05, 3.63) is 34.6 Å². The zero-order valence-corrected chi connectivity index (χ0v) is 7.57. The molecule has 0 saturated heterocycles. The summed E-state index contributed by atoms with van der Waals surface area (Å²) in [4.78, 5) is 0. The highest BCUT2D eigenvalue weighted by Crippen LogP contribution is 2.19. The molecular weight excluding hydrogens is 179 g/mol. The number of hydrogen-bond donors (Lipinski definition) is 0. The molecule has 0 radical (unpaired) electrons. The van der Waals surface area contributed by atoms with Gasteiger partial charge in [-0.2, -0.15) is 0 Å². The van der Waals surface area contributed by atoms with Gasteiger partial charge in [0.05, 0.1) is 11.6 Å². The minimum absolute atomic E-state index is 0.158. The van der Waals surface area contributed by atoms with Crippen LogP contribution in [0, 0.1) is 5.82 Å². The molecule has 0 aromatic heterocycles. The molecule has 12 heavy (non-hydrogen) atoms. The fourth-order valence-corrected chi connectivity index (χ4v) is 1.05. The van der Waals surface area contributed by atoms with Gasteiger partial charge in [0, 0.05) is 6.61 Å². The third kappa shape index (κ3) is 2.19. The molecule has 66 valence electrons. The Morgan fingerprint density at radius 2 is 2.25 bits per heavy atom. The Balaban J connectivity index is 2.78. The number of rotatable bonds is 3. The lowest BCUT2D eigenvalue weighted by molar-refractivity contribution is 0.134. The molecule has 0 aliphatic heterocycles. The Kier molecular flexibility index (Phi) is 3.50. The monoisotopic (exact) mass is 188 g/mol.